The Balaban J connectivity index is 4.17. The van der Waals surface area contributed by atoms with Crippen LogP contribution in [-0.2, 0) is 0 Å². The van der Waals surface area contributed by atoms with E-state index in [2.05, 4.69) is 0 Å². The molecule has 0 fully saturated rings. The van der Waals surface area contributed by atoms with Crippen LogP contribution < -0.4 is 17.2 Å². The monoisotopic (exact) mass is 221 g/mol. The van der Waals surface area contributed by atoms with E-state index in [-0.39, 0.29) is 12.8 Å². The van der Waals surface area contributed by atoms with Crippen molar-refractivity contribution < 1.29 is 15.3 Å². The predicted molar refractivity (Wildman–Crippen MR) is 57.7 cm³/mol. The molecule has 0 aliphatic rings. The summed E-state index contributed by atoms with van der Waals surface area (Å²) in [7, 11) is 0. The van der Waals surface area contributed by atoms with Crippen molar-refractivity contribution in [3.05, 3.63) is 0 Å². The fourth-order valence-corrected chi connectivity index (χ4v) is 1.33. The summed E-state index contributed by atoms with van der Waals surface area (Å²) < 4.78 is 0. The molecule has 0 aromatic heterocycles. The highest BCUT2D eigenvalue weighted by Crippen LogP contribution is 2.18. The molecule has 0 saturated heterocycles. The van der Waals surface area contributed by atoms with Crippen LogP contribution in [0.2, 0.25) is 0 Å². The van der Waals surface area contributed by atoms with Gasteiger partial charge in [0.15, 0.2) is 0 Å². The first-order valence-corrected chi connectivity index (χ1v) is 5.11. The lowest BCUT2D eigenvalue weighted by molar-refractivity contribution is -0.0130. The minimum Gasteiger partial charge on any atom is -0.391 e. The van der Waals surface area contributed by atoms with Crippen molar-refractivity contribution in [1.29, 1.82) is 0 Å². The van der Waals surface area contributed by atoms with E-state index in [0.29, 0.717) is 13.0 Å². The summed E-state index contributed by atoms with van der Waals surface area (Å²) in [4.78, 5) is 0. The second-order valence-corrected chi connectivity index (χ2v) is 4.12. The zero-order valence-corrected chi connectivity index (χ0v) is 9.13. The summed E-state index contributed by atoms with van der Waals surface area (Å²) in [6, 6.07) is 0. The number of hydrogen-bond donors (Lipinski definition) is 6. The van der Waals surface area contributed by atoms with Gasteiger partial charge in [0.1, 0.15) is 6.23 Å². The van der Waals surface area contributed by atoms with E-state index in [1.807, 2.05) is 0 Å². The largest absolute Gasteiger partial charge is 0.391 e. The van der Waals surface area contributed by atoms with Gasteiger partial charge in [0.2, 0.25) is 0 Å². The number of nitrogens with two attached hydrogens (primary N) is 3. The molecule has 9 N–H and O–H groups in total. The molecule has 0 aromatic carbocycles. The molecule has 4 unspecified atom stereocenters. The maximum atomic E-state index is 9.73. The Morgan fingerprint density at radius 2 is 1.53 bits per heavy atom. The smallest absolute Gasteiger partial charge is 0.102 e. The average Bonchev–Trinajstić information content (AvgIpc) is 2.14. The highest BCUT2D eigenvalue weighted by atomic mass is 16.3. The Morgan fingerprint density at radius 3 is 1.93 bits per heavy atom. The molecule has 6 heteroatoms. The number of rotatable bonds is 7. The van der Waals surface area contributed by atoms with Crippen LogP contribution in [0.5, 0.6) is 0 Å². The lowest BCUT2D eigenvalue weighted by Crippen LogP contribution is -2.57. The molecule has 0 aromatic rings. The van der Waals surface area contributed by atoms with Gasteiger partial charge in [0.05, 0.1) is 17.7 Å². The molecule has 0 heterocycles. The van der Waals surface area contributed by atoms with Crippen molar-refractivity contribution in [2.24, 2.45) is 17.2 Å². The maximum absolute atomic E-state index is 9.73. The van der Waals surface area contributed by atoms with Gasteiger partial charge in [0.25, 0.3) is 0 Å². The summed E-state index contributed by atoms with van der Waals surface area (Å²) in [6.45, 7) is 1.86. The highest BCUT2D eigenvalue weighted by molar-refractivity contribution is 4.93. The second-order valence-electron chi connectivity index (χ2n) is 4.12. The van der Waals surface area contributed by atoms with E-state index in [4.69, 9.17) is 22.3 Å². The maximum Gasteiger partial charge on any atom is 0.102 e. The minimum atomic E-state index is -1.13. The van der Waals surface area contributed by atoms with E-state index < -0.39 is 24.0 Å². The number of aliphatic hydroxyl groups is 3. The molecule has 0 bridgehead atoms. The van der Waals surface area contributed by atoms with Gasteiger partial charge < -0.3 is 32.5 Å². The van der Waals surface area contributed by atoms with E-state index >= 15 is 0 Å². The van der Waals surface area contributed by atoms with Crippen LogP contribution in [0.15, 0.2) is 0 Å². The third-order valence-electron chi connectivity index (χ3n) is 2.61. The van der Waals surface area contributed by atoms with Crippen LogP contribution in [-0.4, -0.2) is 45.8 Å². The van der Waals surface area contributed by atoms with E-state index in [1.165, 1.54) is 0 Å². The molecule has 6 nitrogen and oxygen atoms in total. The molecule has 0 rings (SSSR count). The van der Waals surface area contributed by atoms with Crippen molar-refractivity contribution in [1.82, 2.24) is 0 Å². The van der Waals surface area contributed by atoms with Gasteiger partial charge >= 0.3 is 0 Å². The van der Waals surface area contributed by atoms with Gasteiger partial charge in [-0.3, -0.25) is 0 Å². The first-order valence-electron chi connectivity index (χ1n) is 5.11. The van der Waals surface area contributed by atoms with Gasteiger partial charge in [-0.15, -0.1) is 0 Å². The van der Waals surface area contributed by atoms with Crippen molar-refractivity contribution in [2.75, 3.05) is 6.54 Å². The minimum absolute atomic E-state index is 0.239. The Labute approximate surface area is 90.1 Å². The molecular weight excluding hydrogens is 198 g/mol. The summed E-state index contributed by atoms with van der Waals surface area (Å²) >= 11 is 0. The van der Waals surface area contributed by atoms with Gasteiger partial charge in [-0.25, -0.2) is 0 Å². The van der Waals surface area contributed by atoms with E-state index in [1.54, 1.807) is 6.92 Å². The van der Waals surface area contributed by atoms with Crippen LogP contribution in [0.4, 0.5) is 0 Å². The van der Waals surface area contributed by atoms with E-state index in [9.17, 15) is 10.2 Å². The SMILES string of the molecule is CC(N)(C(O)CCN)C(O)CCC(N)O. The Kier molecular flexibility index (Phi) is 6.26. The quantitative estimate of drug-likeness (QED) is 0.270. The third-order valence-corrected chi connectivity index (χ3v) is 2.61. The zero-order valence-electron chi connectivity index (χ0n) is 9.13. The van der Waals surface area contributed by atoms with Gasteiger partial charge in [-0.1, -0.05) is 0 Å². The highest BCUT2D eigenvalue weighted by Gasteiger charge is 2.35. The summed E-state index contributed by atoms with van der Waals surface area (Å²) in [5.41, 5.74) is 15.1. The van der Waals surface area contributed by atoms with Crippen molar-refractivity contribution in [3.8, 4) is 0 Å². The molecule has 0 radical (unpaired) electrons. The lowest BCUT2D eigenvalue weighted by Gasteiger charge is -2.35. The number of aliphatic hydroxyl groups excluding tert-OH is 3. The molecule has 4 atom stereocenters. The van der Waals surface area contributed by atoms with Crippen molar-refractivity contribution >= 4 is 0 Å². The fraction of sp³-hybridized carbons (Fsp3) is 1.00. The van der Waals surface area contributed by atoms with Crippen LogP contribution in [0.3, 0.4) is 0 Å². The molecule has 0 aliphatic carbocycles. The van der Waals surface area contributed by atoms with Crippen molar-refractivity contribution in [3.63, 3.8) is 0 Å². The summed E-state index contributed by atoms with van der Waals surface area (Å²) in [5.74, 6) is 0. The first-order chi connectivity index (χ1) is 6.82. The molecule has 0 saturated carbocycles. The van der Waals surface area contributed by atoms with Gasteiger partial charge in [-0.05, 0) is 32.7 Å². The Hall–Kier alpha value is -0.240. The fourth-order valence-electron chi connectivity index (χ4n) is 1.33. The van der Waals surface area contributed by atoms with Crippen LogP contribution in [0, 0.1) is 0 Å². The summed E-state index contributed by atoms with van der Waals surface area (Å²) in [6.07, 6.45) is -1.95. The second kappa shape index (κ2) is 6.37. The Morgan fingerprint density at radius 1 is 1.07 bits per heavy atom. The molecule has 0 aliphatic heterocycles. The zero-order chi connectivity index (χ0) is 12.1. The van der Waals surface area contributed by atoms with Crippen LogP contribution >= 0.6 is 0 Å². The molecule has 0 spiro atoms. The third kappa shape index (κ3) is 4.87. The molecule has 15 heavy (non-hydrogen) atoms. The van der Waals surface area contributed by atoms with Crippen LogP contribution in [0.1, 0.15) is 26.2 Å². The normalized spacial score (nSPS) is 21.8. The molecule has 92 valence electrons. The van der Waals surface area contributed by atoms with Gasteiger partial charge in [0, 0.05) is 0 Å². The summed E-state index contributed by atoms with van der Waals surface area (Å²) in [5, 5.41) is 28.2. The van der Waals surface area contributed by atoms with Crippen LogP contribution in [0.25, 0.3) is 0 Å². The number of hydrogen-bond acceptors (Lipinski definition) is 6. The van der Waals surface area contributed by atoms with E-state index in [0.717, 1.165) is 0 Å². The first kappa shape index (κ1) is 14.8. The van der Waals surface area contributed by atoms with Crippen molar-refractivity contribution in [2.45, 2.75) is 50.2 Å². The Bertz CT molecular complexity index is 176. The molecular formula is C9H23N3O3. The average molecular weight is 221 g/mol. The lowest BCUT2D eigenvalue weighted by atomic mass is 9.85. The standard InChI is InChI=1S/C9H23N3O3/c1-9(12,7(14)4-5-10)6(13)2-3-8(11)15/h6-8,13-15H,2-5,10-12H2,1H3. The molecule has 0 amide bonds. The topological polar surface area (TPSA) is 139 Å². The predicted octanol–water partition coefficient (Wildman–Crippen LogP) is -2.17. The van der Waals surface area contributed by atoms with Gasteiger partial charge in [-0.2, -0.15) is 0 Å².